The number of carbonyl (C=O) groups excluding carboxylic acids is 1. The molecule has 0 bridgehead atoms. The third kappa shape index (κ3) is 5.18. The zero-order valence-corrected chi connectivity index (χ0v) is 11.5. The van der Waals surface area contributed by atoms with Crippen LogP contribution in [0.4, 0.5) is 0 Å². The SMILES string of the molecule is CCC(N)Cc1ccc(OC)c(OCCC(N)=O)c1. The summed E-state index contributed by atoms with van der Waals surface area (Å²) in [5, 5.41) is 0. The molecule has 1 unspecified atom stereocenters. The van der Waals surface area contributed by atoms with Crippen molar-refractivity contribution >= 4 is 5.91 Å². The quantitative estimate of drug-likeness (QED) is 0.740. The van der Waals surface area contributed by atoms with Crippen molar-refractivity contribution in [3.8, 4) is 11.5 Å². The first-order chi connectivity index (χ1) is 9.06. The molecule has 1 aromatic rings. The number of methoxy groups -OCH3 is 1. The molecule has 0 saturated heterocycles. The summed E-state index contributed by atoms with van der Waals surface area (Å²) in [6.07, 6.45) is 1.89. The van der Waals surface area contributed by atoms with E-state index in [2.05, 4.69) is 6.92 Å². The molecule has 0 spiro atoms. The summed E-state index contributed by atoms with van der Waals surface area (Å²) in [5.74, 6) is 0.867. The van der Waals surface area contributed by atoms with E-state index in [0.29, 0.717) is 11.5 Å². The molecule has 5 nitrogen and oxygen atoms in total. The Labute approximate surface area is 113 Å². The van der Waals surface area contributed by atoms with Gasteiger partial charge < -0.3 is 20.9 Å². The number of ether oxygens (including phenoxy) is 2. The van der Waals surface area contributed by atoms with Crippen molar-refractivity contribution in [1.29, 1.82) is 0 Å². The number of hydrogen-bond donors (Lipinski definition) is 2. The van der Waals surface area contributed by atoms with Crippen LogP contribution in [0.2, 0.25) is 0 Å². The third-order valence-electron chi connectivity index (χ3n) is 2.86. The van der Waals surface area contributed by atoms with Gasteiger partial charge in [-0.25, -0.2) is 0 Å². The molecule has 0 saturated carbocycles. The van der Waals surface area contributed by atoms with Gasteiger partial charge in [-0.3, -0.25) is 4.79 Å². The van der Waals surface area contributed by atoms with E-state index in [9.17, 15) is 4.79 Å². The fourth-order valence-electron chi connectivity index (χ4n) is 1.67. The van der Waals surface area contributed by atoms with Gasteiger partial charge in [0, 0.05) is 6.04 Å². The standard InChI is InChI=1S/C14H22N2O3/c1-3-11(15)8-10-4-5-12(18-2)13(9-10)19-7-6-14(16)17/h4-5,9,11H,3,6-8,15H2,1-2H3,(H2,16,17). The Kier molecular flexibility index (Phi) is 6.15. The lowest BCUT2D eigenvalue weighted by molar-refractivity contribution is -0.118. The van der Waals surface area contributed by atoms with Crippen molar-refractivity contribution in [3.63, 3.8) is 0 Å². The van der Waals surface area contributed by atoms with Crippen molar-refractivity contribution in [2.24, 2.45) is 11.5 Å². The molecule has 5 heteroatoms. The van der Waals surface area contributed by atoms with Crippen LogP contribution in [0.15, 0.2) is 18.2 Å². The first-order valence-electron chi connectivity index (χ1n) is 6.40. The Hall–Kier alpha value is -1.75. The van der Waals surface area contributed by atoms with Gasteiger partial charge in [0.1, 0.15) is 0 Å². The summed E-state index contributed by atoms with van der Waals surface area (Å²) < 4.78 is 10.7. The first kappa shape index (κ1) is 15.3. The smallest absolute Gasteiger partial charge is 0.220 e. The largest absolute Gasteiger partial charge is 0.493 e. The van der Waals surface area contributed by atoms with Crippen LogP contribution in [0, 0.1) is 0 Å². The Morgan fingerprint density at radius 3 is 2.68 bits per heavy atom. The van der Waals surface area contributed by atoms with E-state index in [0.717, 1.165) is 18.4 Å². The molecule has 0 radical (unpaired) electrons. The Bertz CT molecular complexity index is 421. The van der Waals surface area contributed by atoms with Gasteiger partial charge in [0.05, 0.1) is 20.1 Å². The van der Waals surface area contributed by atoms with E-state index < -0.39 is 0 Å². The minimum absolute atomic E-state index is 0.131. The molecule has 106 valence electrons. The first-order valence-corrected chi connectivity index (χ1v) is 6.40. The lowest BCUT2D eigenvalue weighted by atomic mass is 10.0. The molecule has 0 aliphatic heterocycles. The van der Waals surface area contributed by atoms with Gasteiger partial charge in [0.2, 0.25) is 5.91 Å². The van der Waals surface area contributed by atoms with E-state index in [1.807, 2.05) is 18.2 Å². The van der Waals surface area contributed by atoms with Crippen molar-refractivity contribution in [1.82, 2.24) is 0 Å². The Morgan fingerprint density at radius 1 is 1.37 bits per heavy atom. The monoisotopic (exact) mass is 266 g/mol. The highest BCUT2D eigenvalue weighted by molar-refractivity contribution is 5.73. The van der Waals surface area contributed by atoms with Crippen LogP contribution in [0.1, 0.15) is 25.3 Å². The number of carbonyl (C=O) groups is 1. The maximum atomic E-state index is 10.7. The average molecular weight is 266 g/mol. The number of benzene rings is 1. The highest BCUT2D eigenvalue weighted by atomic mass is 16.5. The Balaban J connectivity index is 2.74. The molecule has 4 N–H and O–H groups in total. The molecule has 1 aromatic carbocycles. The molecular weight excluding hydrogens is 244 g/mol. The minimum Gasteiger partial charge on any atom is -0.493 e. The molecule has 1 rings (SSSR count). The second kappa shape index (κ2) is 7.63. The van der Waals surface area contributed by atoms with Gasteiger partial charge >= 0.3 is 0 Å². The van der Waals surface area contributed by atoms with Crippen LogP contribution < -0.4 is 20.9 Å². The van der Waals surface area contributed by atoms with Gasteiger partial charge in [-0.05, 0) is 30.5 Å². The Morgan fingerprint density at radius 2 is 2.11 bits per heavy atom. The van der Waals surface area contributed by atoms with E-state index >= 15 is 0 Å². The van der Waals surface area contributed by atoms with Crippen LogP contribution in [0.3, 0.4) is 0 Å². The van der Waals surface area contributed by atoms with Gasteiger partial charge in [-0.2, -0.15) is 0 Å². The van der Waals surface area contributed by atoms with Gasteiger partial charge in [-0.15, -0.1) is 0 Å². The molecular formula is C14H22N2O3. The number of hydrogen-bond acceptors (Lipinski definition) is 4. The van der Waals surface area contributed by atoms with Gasteiger partial charge in [0.25, 0.3) is 0 Å². The minimum atomic E-state index is -0.386. The summed E-state index contributed by atoms with van der Waals surface area (Å²) in [5.41, 5.74) is 12.1. The summed E-state index contributed by atoms with van der Waals surface area (Å²) in [4.78, 5) is 10.7. The summed E-state index contributed by atoms with van der Waals surface area (Å²) in [6, 6.07) is 5.84. The number of nitrogens with two attached hydrogens (primary N) is 2. The molecule has 0 aromatic heterocycles. The maximum Gasteiger partial charge on any atom is 0.220 e. The molecule has 0 heterocycles. The molecule has 0 fully saturated rings. The van der Waals surface area contributed by atoms with Crippen molar-refractivity contribution in [3.05, 3.63) is 23.8 Å². The summed E-state index contributed by atoms with van der Waals surface area (Å²) in [7, 11) is 1.58. The number of primary amides is 1. The van der Waals surface area contributed by atoms with Crippen LogP contribution in [0.5, 0.6) is 11.5 Å². The van der Waals surface area contributed by atoms with E-state index in [1.54, 1.807) is 7.11 Å². The fourth-order valence-corrected chi connectivity index (χ4v) is 1.67. The average Bonchev–Trinajstić information content (AvgIpc) is 2.38. The second-order valence-electron chi connectivity index (χ2n) is 4.42. The van der Waals surface area contributed by atoms with Crippen molar-refractivity contribution in [2.45, 2.75) is 32.2 Å². The molecule has 1 atom stereocenters. The van der Waals surface area contributed by atoms with Crippen LogP contribution in [-0.4, -0.2) is 25.7 Å². The summed E-state index contributed by atoms with van der Waals surface area (Å²) in [6.45, 7) is 2.30. The fraction of sp³-hybridized carbons (Fsp3) is 0.500. The van der Waals surface area contributed by atoms with Crippen molar-refractivity contribution in [2.75, 3.05) is 13.7 Å². The zero-order chi connectivity index (χ0) is 14.3. The molecule has 19 heavy (non-hydrogen) atoms. The summed E-state index contributed by atoms with van der Waals surface area (Å²) >= 11 is 0. The lowest BCUT2D eigenvalue weighted by Gasteiger charge is -2.13. The normalized spacial score (nSPS) is 11.9. The highest BCUT2D eigenvalue weighted by Crippen LogP contribution is 2.28. The number of rotatable bonds is 8. The topological polar surface area (TPSA) is 87.6 Å². The van der Waals surface area contributed by atoms with Crippen LogP contribution in [-0.2, 0) is 11.2 Å². The highest BCUT2D eigenvalue weighted by Gasteiger charge is 2.08. The van der Waals surface area contributed by atoms with Gasteiger partial charge in [-0.1, -0.05) is 13.0 Å². The third-order valence-corrected chi connectivity index (χ3v) is 2.86. The lowest BCUT2D eigenvalue weighted by Crippen LogP contribution is -2.21. The predicted octanol–water partition coefficient (Wildman–Crippen LogP) is 1.23. The maximum absolute atomic E-state index is 10.7. The number of amides is 1. The zero-order valence-electron chi connectivity index (χ0n) is 11.5. The molecule has 0 aliphatic rings. The van der Waals surface area contributed by atoms with Crippen LogP contribution in [0.25, 0.3) is 0 Å². The van der Waals surface area contributed by atoms with E-state index in [-0.39, 0.29) is 25.0 Å². The molecule has 1 amide bonds. The van der Waals surface area contributed by atoms with E-state index in [1.165, 1.54) is 0 Å². The van der Waals surface area contributed by atoms with E-state index in [4.69, 9.17) is 20.9 Å². The van der Waals surface area contributed by atoms with Crippen LogP contribution >= 0.6 is 0 Å². The second-order valence-corrected chi connectivity index (χ2v) is 4.42. The predicted molar refractivity (Wildman–Crippen MR) is 74.3 cm³/mol. The van der Waals surface area contributed by atoms with Crippen molar-refractivity contribution < 1.29 is 14.3 Å². The molecule has 0 aliphatic carbocycles. The van der Waals surface area contributed by atoms with Gasteiger partial charge in [0.15, 0.2) is 11.5 Å².